The van der Waals surface area contributed by atoms with Gasteiger partial charge in [0, 0.05) is 24.4 Å². The second-order valence-electron chi connectivity index (χ2n) is 4.67. The largest absolute Gasteiger partial charge is 0.348 e. The maximum atomic E-state index is 13.5. The van der Waals surface area contributed by atoms with Crippen molar-refractivity contribution in [3.05, 3.63) is 68.9 Å². The summed E-state index contributed by atoms with van der Waals surface area (Å²) in [6.45, 7) is 3.66. The highest BCUT2D eigenvalue weighted by molar-refractivity contribution is 5.93. The van der Waals surface area contributed by atoms with Gasteiger partial charge in [0.1, 0.15) is 5.82 Å². The van der Waals surface area contributed by atoms with E-state index in [-0.39, 0.29) is 23.8 Å². The van der Waals surface area contributed by atoms with Gasteiger partial charge in [-0.1, -0.05) is 12.1 Å². The standard InChI is InChI=1S/C15H15FN2O2/c1-9-5-11(6-10(2)14(9)16)8-18-15(20)12-3-4-17-13(19)7-12/h3-7H,8H2,1-2H3,(H,17,19)(H,18,20). The minimum atomic E-state index is -0.337. The molecule has 0 fully saturated rings. The molecular weight excluding hydrogens is 259 g/mol. The molecule has 2 rings (SSSR count). The Morgan fingerprint density at radius 3 is 2.50 bits per heavy atom. The lowest BCUT2D eigenvalue weighted by atomic mass is 10.1. The molecule has 0 spiro atoms. The van der Waals surface area contributed by atoms with E-state index < -0.39 is 0 Å². The molecule has 0 unspecified atom stereocenters. The Morgan fingerprint density at radius 1 is 1.25 bits per heavy atom. The van der Waals surface area contributed by atoms with Crippen LogP contribution in [-0.4, -0.2) is 10.9 Å². The molecular formula is C15H15FN2O2. The number of H-pyrrole nitrogens is 1. The van der Waals surface area contributed by atoms with Crippen LogP contribution in [0.25, 0.3) is 0 Å². The second-order valence-corrected chi connectivity index (χ2v) is 4.67. The van der Waals surface area contributed by atoms with E-state index in [4.69, 9.17) is 0 Å². The molecule has 0 radical (unpaired) electrons. The maximum absolute atomic E-state index is 13.5. The fourth-order valence-electron chi connectivity index (χ4n) is 2.01. The van der Waals surface area contributed by atoms with E-state index in [9.17, 15) is 14.0 Å². The Kier molecular flexibility index (Phi) is 3.98. The molecule has 1 aromatic carbocycles. The van der Waals surface area contributed by atoms with Crippen molar-refractivity contribution in [3.63, 3.8) is 0 Å². The van der Waals surface area contributed by atoms with Gasteiger partial charge in [0.05, 0.1) is 0 Å². The van der Waals surface area contributed by atoms with Crippen molar-refractivity contribution in [3.8, 4) is 0 Å². The van der Waals surface area contributed by atoms with E-state index in [2.05, 4.69) is 10.3 Å². The Balaban J connectivity index is 2.09. The van der Waals surface area contributed by atoms with E-state index in [1.54, 1.807) is 26.0 Å². The predicted octanol–water partition coefficient (Wildman–Crippen LogP) is 2.06. The lowest BCUT2D eigenvalue weighted by Gasteiger charge is -2.08. The van der Waals surface area contributed by atoms with Crippen molar-refractivity contribution in [2.75, 3.05) is 0 Å². The van der Waals surface area contributed by atoms with Crippen molar-refractivity contribution >= 4 is 5.91 Å². The zero-order valence-corrected chi connectivity index (χ0v) is 11.3. The van der Waals surface area contributed by atoms with Crippen LogP contribution in [0.5, 0.6) is 0 Å². The summed E-state index contributed by atoms with van der Waals surface area (Å²) < 4.78 is 13.5. The number of pyridine rings is 1. The average molecular weight is 274 g/mol. The predicted molar refractivity (Wildman–Crippen MR) is 74.1 cm³/mol. The minimum absolute atomic E-state index is 0.227. The highest BCUT2D eigenvalue weighted by atomic mass is 19.1. The molecule has 20 heavy (non-hydrogen) atoms. The normalized spacial score (nSPS) is 10.3. The van der Waals surface area contributed by atoms with Gasteiger partial charge in [0.25, 0.3) is 5.91 Å². The summed E-state index contributed by atoms with van der Waals surface area (Å²) in [7, 11) is 0. The van der Waals surface area contributed by atoms with Gasteiger partial charge < -0.3 is 10.3 Å². The Bertz CT molecular complexity index is 684. The number of carbonyl (C=O) groups excluding carboxylic acids is 1. The van der Waals surface area contributed by atoms with Crippen molar-refractivity contribution in [2.24, 2.45) is 0 Å². The lowest BCUT2D eigenvalue weighted by molar-refractivity contribution is 0.0950. The Morgan fingerprint density at radius 2 is 1.90 bits per heavy atom. The van der Waals surface area contributed by atoms with Crippen LogP contribution in [0.2, 0.25) is 0 Å². The molecule has 104 valence electrons. The van der Waals surface area contributed by atoms with Gasteiger partial charge in [-0.25, -0.2) is 4.39 Å². The molecule has 0 aliphatic carbocycles. The first-order valence-corrected chi connectivity index (χ1v) is 6.20. The highest BCUT2D eigenvalue weighted by Crippen LogP contribution is 2.14. The van der Waals surface area contributed by atoms with Crippen LogP contribution in [0.3, 0.4) is 0 Å². The summed E-state index contributed by atoms with van der Waals surface area (Å²) in [6, 6.07) is 6.15. The molecule has 1 heterocycles. The molecule has 0 aliphatic rings. The average Bonchev–Trinajstić information content (AvgIpc) is 2.42. The van der Waals surface area contributed by atoms with Crippen LogP contribution < -0.4 is 10.9 Å². The number of halogens is 1. The first-order valence-electron chi connectivity index (χ1n) is 6.20. The summed E-state index contributed by atoms with van der Waals surface area (Å²) in [6.07, 6.45) is 1.42. The summed E-state index contributed by atoms with van der Waals surface area (Å²) in [4.78, 5) is 25.4. The fourth-order valence-corrected chi connectivity index (χ4v) is 2.01. The zero-order valence-electron chi connectivity index (χ0n) is 11.3. The zero-order chi connectivity index (χ0) is 14.7. The van der Waals surface area contributed by atoms with Crippen LogP contribution in [-0.2, 0) is 6.54 Å². The van der Waals surface area contributed by atoms with E-state index >= 15 is 0 Å². The van der Waals surface area contributed by atoms with Crippen LogP contribution >= 0.6 is 0 Å². The highest BCUT2D eigenvalue weighted by Gasteiger charge is 2.08. The van der Waals surface area contributed by atoms with Gasteiger partial charge >= 0.3 is 0 Å². The SMILES string of the molecule is Cc1cc(CNC(=O)c2cc[nH]c(=O)c2)cc(C)c1F. The number of rotatable bonds is 3. The lowest BCUT2D eigenvalue weighted by Crippen LogP contribution is -2.24. The minimum Gasteiger partial charge on any atom is -0.348 e. The van der Waals surface area contributed by atoms with Crippen molar-refractivity contribution in [2.45, 2.75) is 20.4 Å². The van der Waals surface area contributed by atoms with Gasteiger partial charge in [0.2, 0.25) is 5.56 Å². The molecule has 0 atom stereocenters. The van der Waals surface area contributed by atoms with E-state index in [0.29, 0.717) is 16.7 Å². The van der Waals surface area contributed by atoms with Gasteiger partial charge in [-0.2, -0.15) is 0 Å². The molecule has 5 heteroatoms. The third kappa shape index (κ3) is 3.12. The summed E-state index contributed by atoms with van der Waals surface area (Å²) in [5.74, 6) is -0.564. The number of amides is 1. The number of carbonyl (C=O) groups is 1. The number of benzene rings is 1. The number of hydrogen-bond donors (Lipinski definition) is 2. The van der Waals surface area contributed by atoms with E-state index in [1.807, 2.05) is 0 Å². The third-order valence-electron chi connectivity index (χ3n) is 2.99. The van der Waals surface area contributed by atoms with Gasteiger partial charge in [0.15, 0.2) is 0 Å². The Hall–Kier alpha value is -2.43. The quantitative estimate of drug-likeness (QED) is 0.900. The second kappa shape index (κ2) is 5.69. The fraction of sp³-hybridized carbons (Fsp3) is 0.200. The first-order chi connectivity index (χ1) is 9.47. The molecule has 0 saturated heterocycles. The first kappa shape index (κ1) is 14.0. The molecule has 0 bridgehead atoms. The van der Waals surface area contributed by atoms with E-state index in [0.717, 1.165) is 5.56 Å². The maximum Gasteiger partial charge on any atom is 0.251 e. The number of aryl methyl sites for hydroxylation is 2. The van der Waals surface area contributed by atoms with Crippen LogP contribution in [0, 0.1) is 19.7 Å². The molecule has 1 amide bonds. The number of nitrogens with one attached hydrogen (secondary N) is 2. The molecule has 0 aliphatic heterocycles. The third-order valence-corrected chi connectivity index (χ3v) is 2.99. The van der Waals surface area contributed by atoms with Gasteiger partial charge in [-0.3, -0.25) is 9.59 Å². The monoisotopic (exact) mass is 274 g/mol. The Labute approximate surface area is 115 Å². The van der Waals surface area contributed by atoms with Gasteiger partial charge in [-0.15, -0.1) is 0 Å². The summed E-state index contributed by atoms with van der Waals surface area (Å²) >= 11 is 0. The smallest absolute Gasteiger partial charge is 0.251 e. The number of hydrogen-bond acceptors (Lipinski definition) is 2. The summed E-state index contributed by atoms with van der Waals surface area (Å²) in [5.41, 5.74) is 1.88. The van der Waals surface area contributed by atoms with Crippen molar-refractivity contribution < 1.29 is 9.18 Å². The number of aromatic nitrogens is 1. The van der Waals surface area contributed by atoms with Crippen LogP contribution in [0.4, 0.5) is 4.39 Å². The molecule has 4 nitrogen and oxygen atoms in total. The molecule has 2 aromatic rings. The van der Waals surface area contributed by atoms with Crippen LogP contribution in [0.15, 0.2) is 35.3 Å². The molecule has 1 aromatic heterocycles. The van der Waals surface area contributed by atoms with Crippen LogP contribution in [0.1, 0.15) is 27.0 Å². The van der Waals surface area contributed by atoms with E-state index in [1.165, 1.54) is 18.3 Å². The topological polar surface area (TPSA) is 62.0 Å². The molecule has 2 N–H and O–H groups in total. The summed E-state index contributed by atoms with van der Waals surface area (Å²) in [5, 5.41) is 2.70. The number of aromatic amines is 1. The van der Waals surface area contributed by atoms with Crippen molar-refractivity contribution in [1.82, 2.24) is 10.3 Å². The van der Waals surface area contributed by atoms with Crippen molar-refractivity contribution in [1.29, 1.82) is 0 Å². The van der Waals surface area contributed by atoms with Gasteiger partial charge in [-0.05, 0) is 36.6 Å². The molecule has 0 saturated carbocycles.